The molecule has 0 aliphatic heterocycles. The predicted octanol–water partition coefficient (Wildman–Crippen LogP) is 1.67. The van der Waals surface area contributed by atoms with E-state index in [1.54, 1.807) is 12.4 Å². The third kappa shape index (κ3) is 8.29. The number of nitrogens with one attached hydrogen (secondary N) is 1. The number of aromatic amines is 1. The molecule has 0 spiro atoms. The van der Waals surface area contributed by atoms with Crippen LogP contribution in [0.3, 0.4) is 0 Å². The maximum absolute atomic E-state index is 4.50. The molecule has 0 bridgehead atoms. The van der Waals surface area contributed by atoms with Gasteiger partial charge in [-0.25, -0.2) is 0 Å². The minimum absolute atomic E-state index is 1.50. The van der Waals surface area contributed by atoms with Crippen LogP contribution in [0.25, 0.3) is 0 Å². The van der Waals surface area contributed by atoms with Crippen molar-refractivity contribution in [3.05, 3.63) is 55.1 Å². The van der Waals surface area contributed by atoms with E-state index in [2.05, 4.69) is 15.7 Å². The highest BCUT2D eigenvalue weighted by atomic mass is 14.6. The Labute approximate surface area is 78.6 Å². The second-order valence-electron chi connectivity index (χ2n) is 1.91. The van der Waals surface area contributed by atoms with Crippen molar-refractivity contribution in [2.45, 2.75) is 0 Å². The van der Waals surface area contributed by atoms with Gasteiger partial charge in [0, 0.05) is 24.8 Å². The number of hydrogen-bond donors (Lipinski definition) is 2. The van der Waals surface area contributed by atoms with Gasteiger partial charge in [0.2, 0.25) is 0 Å². The fraction of sp³-hybridized carbons (Fsp3) is 0.100. The zero-order valence-corrected chi connectivity index (χ0v) is 7.72. The Morgan fingerprint density at radius 1 is 0.846 bits per heavy atom. The zero-order chi connectivity index (χ0) is 9.78. The van der Waals surface area contributed by atoms with Crippen molar-refractivity contribution < 1.29 is 0 Å². The largest absolute Gasteiger partial charge is 0.368 e. The maximum Gasteiger partial charge on any atom is 0.0267 e. The summed E-state index contributed by atoms with van der Waals surface area (Å²) in [6.07, 6.45) is 7.25. The van der Waals surface area contributed by atoms with Crippen molar-refractivity contribution in [2.24, 2.45) is 5.73 Å². The van der Waals surface area contributed by atoms with Crippen molar-refractivity contribution in [1.82, 2.24) is 9.97 Å². The lowest BCUT2D eigenvalue weighted by molar-refractivity contribution is 1.33. The first-order valence-electron chi connectivity index (χ1n) is 4.00. The monoisotopic (exact) mass is 177 g/mol. The first-order chi connectivity index (χ1) is 6.50. The molecule has 0 amide bonds. The molecule has 0 unspecified atom stereocenters. The highest BCUT2D eigenvalue weighted by molar-refractivity contribution is 4.88. The van der Waals surface area contributed by atoms with E-state index in [0.29, 0.717) is 0 Å². The van der Waals surface area contributed by atoms with Gasteiger partial charge in [-0.3, -0.25) is 4.98 Å². The van der Waals surface area contributed by atoms with E-state index < -0.39 is 0 Å². The van der Waals surface area contributed by atoms with E-state index in [4.69, 9.17) is 0 Å². The molecule has 2 heterocycles. The lowest BCUT2D eigenvalue weighted by atomic mass is 10.5. The number of aromatic nitrogens is 2. The molecule has 13 heavy (non-hydrogen) atoms. The van der Waals surface area contributed by atoms with E-state index in [0.717, 1.165) is 0 Å². The molecule has 3 heteroatoms. The molecule has 0 saturated heterocycles. The Bertz CT molecular complexity index is 196. The van der Waals surface area contributed by atoms with Gasteiger partial charge in [0.05, 0.1) is 0 Å². The molecule has 2 rings (SSSR count). The summed E-state index contributed by atoms with van der Waals surface area (Å²) < 4.78 is 0. The van der Waals surface area contributed by atoms with Crippen molar-refractivity contribution >= 4 is 0 Å². The van der Waals surface area contributed by atoms with Gasteiger partial charge in [-0.15, -0.1) is 0 Å². The van der Waals surface area contributed by atoms with Crippen LogP contribution in [0.2, 0.25) is 0 Å². The van der Waals surface area contributed by atoms with Crippen LogP contribution in [0.1, 0.15) is 0 Å². The topological polar surface area (TPSA) is 54.7 Å². The highest BCUT2D eigenvalue weighted by Gasteiger charge is 1.58. The van der Waals surface area contributed by atoms with Gasteiger partial charge in [0.25, 0.3) is 0 Å². The quantitative estimate of drug-likeness (QED) is 0.643. The third-order valence-corrected chi connectivity index (χ3v) is 1.06. The second kappa shape index (κ2) is 10.4. The van der Waals surface area contributed by atoms with Crippen molar-refractivity contribution in [2.75, 3.05) is 7.05 Å². The summed E-state index contributed by atoms with van der Waals surface area (Å²) in [5, 5.41) is 0. The van der Waals surface area contributed by atoms with Crippen LogP contribution in [0.5, 0.6) is 0 Å². The first kappa shape index (κ1) is 11.4. The average Bonchev–Trinajstić information content (AvgIpc) is 2.82. The van der Waals surface area contributed by atoms with Crippen molar-refractivity contribution in [1.29, 1.82) is 0 Å². The number of hydrogen-bond acceptors (Lipinski definition) is 2. The van der Waals surface area contributed by atoms with Gasteiger partial charge < -0.3 is 10.7 Å². The standard InChI is InChI=1S/C5H5N.C4H5N.CH5N/c1-2-4-6-5-3-1;1-2-4-5-3-1;1-2/h1-5H;1-5H;2H2,1H3. The van der Waals surface area contributed by atoms with E-state index in [9.17, 15) is 0 Å². The summed E-state index contributed by atoms with van der Waals surface area (Å²) in [6.45, 7) is 0. The van der Waals surface area contributed by atoms with E-state index in [1.165, 1.54) is 7.05 Å². The zero-order valence-electron chi connectivity index (χ0n) is 7.72. The molecule has 70 valence electrons. The number of rotatable bonds is 0. The van der Waals surface area contributed by atoms with E-state index in [1.807, 2.05) is 42.7 Å². The maximum atomic E-state index is 4.50. The summed E-state index contributed by atoms with van der Waals surface area (Å²) in [5.74, 6) is 0. The molecule has 0 fully saturated rings. The van der Waals surface area contributed by atoms with Gasteiger partial charge in [-0.1, -0.05) is 6.07 Å². The summed E-state index contributed by atoms with van der Waals surface area (Å²) >= 11 is 0. The fourth-order valence-electron chi connectivity index (χ4n) is 0.590. The van der Waals surface area contributed by atoms with Crippen LogP contribution in [0.15, 0.2) is 55.1 Å². The minimum atomic E-state index is 1.50. The molecule has 3 N–H and O–H groups in total. The van der Waals surface area contributed by atoms with Crippen LogP contribution < -0.4 is 5.73 Å². The lowest BCUT2D eigenvalue weighted by Gasteiger charge is -1.70. The summed E-state index contributed by atoms with van der Waals surface area (Å²) in [5.41, 5.74) is 4.50. The SMILES string of the molecule is CN.c1cc[nH]c1.c1ccncc1. The predicted molar refractivity (Wildman–Crippen MR) is 55.1 cm³/mol. The van der Waals surface area contributed by atoms with Gasteiger partial charge >= 0.3 is 0 Å². The van der Waals surface area contributed by atoms with Crippen LogP contribution in [0.4, 0.5) is 0 Å². The lowest BCUT2D eigenvalue weighted by Crippen LogP contribution is -1.69. The Morgan fingerprint density at radius 2 is 1.38 bits per heavy atom. The van der Waals surface area contributed by atoms with Crippen molar-refractivity contribution in [3.8, 4) is 0 Å². The smallest absolute Gasteiger partial charge is 0.0267 e. The molecule has 0 aromatic carbocycles. The van der Waals surface area contributed by atoms with Gasteiger partial charge in [-0.05, 0) is 31.3 Å². The second-order valence-corrected chi connectivity index (χ2v) is 1.91. The van der Waals surface area contributed by atoms with Crippen molar-refractivity contribution in [3.63, 3.8) is 0 Å². The molecule has 0 saturated carbocycles. The summed E-state index contributed by atoms with van der Waals surface area (Å²) in [7, 11) is 1.50. The fourth-order valence-corrected chi connectivity index (χ4v) is 0.590. The Balaban J connectivity index is 0.000000189. The molecular weight excluding hydrogens is 162 g/mol. The number of nitrogens with two attached hydrogens (primary N) is 1. The van der Waals surface area contributed by atoms with Gasteiger partial charge in [0.1, 0.15) is 0 Å². The number of nitrogens with zero attached hydrogens (tertiary/aromatic N) is 1. The van der Waals surface area contributed by atoms with Gasteiger partial charge in [-0.2, -0.15) is 0 Å². The average molecular weight is 177 g/mol. The van der Waals surface area contributed by atoms with Crippen LogP contribution in [-0.2, 0) is 0 Å². The molecule has 3 nitrogen and oxygen atoms in total. The van der Waals surface area contributed by atoms with E-state index >= 15 is 0 Å². The Morgan fingerprint density at radius 3 is 1.54 bits per heavy atom. The number of pyridine rings is 1. The van der Waals surface area contributed by atoms with Crippen LogP contribution in [0, 0.1) is 0 Å². The van der Waals surface area contributed by atoms with Crippen LogP contribution in [-0.4, -0.2) is 17.0 Å². The molecule has 0 atom stereocenters. The third-order valence-electron chi connectivity index (χ3n) is 1.06. The molecule has 0 aliphatic carbocycles. The Kier molecular flexibility index (Phi) is 9.10. The minimum Gasteiger partial charge on any atom is -0.368 e. The van der Waals surface area contributed by atoms with E-state index in [-0.39, 0.29) is 0 Å². The first-order valence-corrected chi connectivity index (χ1v) is 4.00. The molecule has 0 radical (unpaired) electrons. The molecular formula is C10H15N3. The van der Waals surface area contributed by atoms with Gasteiger partial charge in [0.15, 0.2) is 0 Å². The molecule has 2 aromatic rings. The molecule has 0 aliphatic rings. The molecule has 2 aromatic heterocycles. The Hall–Kier alpha value is -1.61. The summed E-state index contributed by atoms with van der Waals surface area (Å²) in [4.78, 5) is 6.65. The highest BCUT2D eigenvalue weighted by Crippen LogP contribution is 1.73. The normalized spacial score (nSPS) is 7.23. The number of H-pyrrole nitrogens is 1. The summed E-state index contributed by atoms with van der Waals surface area (Å²) in [6, 6.07) is 9.60. The van der Waals surface area contributed by atoms with Crippen LogP contribution >= 0.6 is 0 Å².